The van der Waals surface area contributed by atoms with Crippen LogP contribution in [0.1, 0.15) is 96.8 Å². The zero-order chi connectivity index (χ0) is 26.7. The van der Waals surface area contributed by atoms with Crippen molar-refractivity contribution < 1.29 is 31.8 Å². The van der Waals surface area contributed by atoms with Crippen LogP contribution in [0.4, 0.5) is 8.78 Å². The summed E-state index contributed by atoms with van der Waals surface area (Å²) in [5.74, 6) is -2.73. The number of hydrogen-bond acceptors (Lipinski definition) is 5. The minimum Gasteiger partial charge on any atom is -0.476 e. The van der Waals surface area contributed by atoms with E-state index in [4.69, 9.17) is 5.11 Å². The van der Waals surface area contributed by atoms with Gasteiger partial charge in [0, 0.05) is 17.2 Å². The van der Waals surface area contributed by atoms with E-state index in [1.54, 1.807) is 0 Å². The van der Waals surface area contributed by atoms with Crippen molar-refractivity contribution in [2.45, 2.75) is 108 Å². The van der Waals surface area contributed by atoms with E-state index in [0.29, 0.717) is 17.1 Å². The Morgan fingerprint density at radius 1 is 0.972 bits per heavy atom. The van der Waals surface area contributed by atoms with E-state index in [0.717, 1.165) is 31.4 Å². The van der Waals surface area contributed by atoms with Crippen LogP contribution in [-0.4, -0.2) is 43.9 Å². The van der Waals surface area contributed by atoms with E-state index < -0.39 is 33.9 Å². The third-order valence-corrected chi connectivity index (χ3v) is 8.25. The van der Waals surface area contributed by atoms with E-state index in [2.05, 4.69) is 16.4 Å². The van der Waals surface area contributed by atoms with Crippen LogP contribution >= 0.6 is 11.8 Å². The van der Waals surface area contributed by atoms with Gasteiger partial charge in [0.05, 0.1) is 5.75 Å². The zero-order valence-electron chi connectivity index (χ0n) is 21.5. The minimum atomic E-state index is -3.34. The molecule has 0 aliphatic rings. The first-order chi connectivity index (χ1) is 17.2. The monoisotopic (exact) mass is 551 g/mol. The smallest absolute Gasteiger partial charge is 0.378 e. The highest BCUT2D eigenvalue weighted by molar-refractivity contribution is 7.99. The molecule has 0 radical (unpaired) electrons. The van der Waals surface area contributed by atoms with Crippen molar-refractivity contribution in [2.75, 3.05) is 18.1 Å². The SMILES string of the molecule is CCCCCCCCCCCCCCCCS(=O)(=O)NCCSc1ccc(OC(F)C(=O)O)c(F)c1. The lowest BCUT2D eigenvalue weighted by Crippen LogP contribution is -2.28. The Morgan fingerprint density at radius 3 is 2.00 bits per heavy atom. The molecule has 1 aromatic carbocycles. The third-order valence-electron chi connectivity index (χ3n) is 5.79. The number of aliphatic carboxylic acids is 1. The number of alkyl halides is 1. The van der Waals surface area contributed by atoms with Crippen molar-refractivity contribution in [3.8, 4) is 5.75 Å². The molecule has 0 aliphatic heterocycles. The van der Waals surface area contributed by atoms with Gasteiger partial charge in [-0.1, -0.05) is 90.4 Å². The molecule has 0 saturated carbocycles. The van der Waals surface area contributed by atoms with Gasteiger partial charge >= 0.3 is 12.3 Å². The summed E-state index contributed by atoms with van der Waals surface area (Å²) >= 11 is 1.23. The first kappa shape index (κ1) is 32.6. The van der Waals surface area contributed by atoms with E-state index >= 15 is 0 Å². The zero-order valence-corrected chi connectivity index (χ0v) is 23.1. The molecule has 0 fully saturated rings. The summed E-state index contributed by atoms with van der Waals surface area (Å²) in [6, 6.07) is 3.70. The van der Waals surface area contributed by atoms with Gasteiger partial charge in [-0.15, -0.1) is 11.8 Å². The number of unbranched alkanes of at least 4 members (excludes halogenated alkanes) is 13. The van der Waals surface area contributed by atoms with E-state index in [-0.39, 0.29) is 12.3 Å². The van der Waals surface area contributed by atoms with Crippen LogP contribution in [0, 0.1) is 5.82 Å². The Balaban J connectivity index is 2.05. The molecule has 1 rings (SSSR count). The fourth-order valence-electron chi connectivity index (χ4n) is 3.75. The van der Waals surface area contributed by atoms with Crippen molar-refractivity contribution in [1.82, 2.24) is 4.72 Å². The number of benzene rings is 1. The van der Waals surface area contributed by atoms with Crippen molar-refractivity contribution in [3.05, 3.63) is 24.0 Å². The highest BCUT2D eigenvalue weighted by Gasteiger charge is 2.19. The van der Waals surface area contributed by atoms with Gasteiger partial charge in [0.15, 0.2) is 11.6 Å². The number of hydrogen-bond donors (Lipinski definition) is 2. The fourth-order valence-corrected chi connectivity index (χ4v) is 5.82. The van der Waals surface area contributed by atoms with Gasteiger partial charge < -0.3 is 9.84 Å². The van der Waals surface area contributed by atoms with Crippen LogP contribution in [0.25, 0.3) is 0 Å². The predicted molar refractivity (Wildman–Crippen MR) is 142 cm³/mol. The molecule has 0 spiro atoms. The maximum absolute atomic E-state index is 13.9. The molecule has 1 unspecified atom stereocenters. The lowest BCUT2D eigenvalue weighted by molar-refractivity contribution is -0.153. The molecule has 36 heavy (non-hydrogen) atoms. The summed E-state index contributed by atoms with van der Waals surface area (Å²) in [5, 5.41) is 8.47. The summed E-state index contributed by atoms with van der Waals surface area (Å²) in [4.78, 5) is 10.9. The molecule has 0 heterocycles. The summed E-state index contributed by atoms with van der Waals surface area (Å²) in [7, 11) is -3.34. The molecule has 0 aliphatic carbocycles. The average Bonchev–Trinajstić information content (AvgIpc) is 2.83. The lowest BCUT2D eigenvalue weighted by Gasteiger charge is -2.10. The number of carboxylic acids is 1. The van der Waals surface area contributed by atoms with Crippen molar-refractivity contribution in [2.24, 2.45) is 0 Å². The second-order valence-corrected chi connectivity index (χ2v) is 12.1. The number of ether oxygens (including phenoxy) is 1. The molecule has 0 amide bonds. The second kappa shape index (κ2) is 19.7. The molecule has 0 saturated heterocycles. The Bertz CT molecular complexity index is 840. The Labute approximate surface area is 220 Å². The largest absolute Gasteiger partial charge is 0.476 e. The van der Waals surface area contributed by atoms with Gasteiger partial charge in [0.2, 0.25) is 10.0 Å². The van der Waals surface area contributed by atoms with Gasteiger partial charge in [-0.25, -0.2) is 22.3 Å². The quantitative estimate of drug-likeness (QED) is 0.112. The molecule has 6 nitrogen and oxygen atoms in total. The highest BCUT2D eigenvalue weighted by Crippen LogP contribution is 2.25. The van der Waals surface area contributed by atoms with Crippen LogP contribution in [-0.2, 0) is 14.8 Å². The minimum absolute atomic E-state index is 0.102. The lowest BCUT2D eigenvalue weighted by atomic mass is 10.0. The first-order valence-electron chi connectivity index (χ1n) is 13.2. The van der Waals surface area contributed by atoms with Gasteiger partial charge in [0.1, 0.15) is 0 Å². The number of carbonyl (C=O) groups is 1. The van der Waals surface area contributed by atoms with Crippen molar-refractivity contribution >= 4 is 27.8 Å². The first-order valence-corrected chi connectivity index (χ1v) is 15.8. The van der Waals surface area contributed by atoms with Gasteiger partial charge in [-0.3, -0.25) is 0 Å². The molecule has 2 N–H and O–H groups in total. The van der Waals surface area contributed by atoms with Crippen LogP contribution in [0.15, 0.2) is 23.1 Å². The van der Waals surface area contributed by atoms with Gasteiger partial charge in [-0.2, -0.15) is 4.39 Å². The predicted octanol–water partition coefficient (Wildman–Crippen LogP) is 7.08. The molecular formula is C26H43F2NO5S2. The number of sulfonamides is 1. The maximum atomic E-state index is 13.9. The van der Waals surface area contributed by atoms with E-state index in [1.807, 2.05) is 0 Å². The molecule has 10 heteroatoms. The molecule has 1 atom stereocenters. The molecule has 208 valence electrons. The normalized spacial score (nSPS) is 12.5. The number of nitrogens with one attached hydrogen (secondary N) is 1. The van der Waals surface area contributed by atoms with Gasteiger partial charge in [0.25, 0.3) is 0 Å². The summed E-state index contributed by atoms with van der Waals surface area (Å²) in [6.07, 6.45) is 14.3. The Kier molecular flexibility index (Phi) is 17.8. The van der Waals surface area contributed by atoms with Crippen molar-refractivity contribution in [1.29, 1.82) is 0 Å². The average molecular weight is 552 g/mol. The molecule has 0 bridgehead atoms. The maximum Gasteiger partial charge on any atom is 0.378 e. The highest BCUT2D eigenvalue weighted by atomic mass is 32.2. The number of thioether (sulfide) groups is 1. The number of carboxylic acid groups (broad SMARTS) is 1. The second-order valence-electron chi connectivity index (χ2n) is 9.02. The number of rotatable bonds is 23. The number of halogens is 2. The Hall–Kier alpha value is -1.39. The van der Waals surface area contributed by atoms with Crippen molar-refractivity contribution in [3.63, 3.8) is 0 Å². The van der Waals surface area contributed by atoms with Crippen LogP contribution < -0.4 is 9.46 Å². The summed E-state index contributed by atoms with van der Waals surface area (Å²) in [5.41, 5.74) is 0. The van der Waals surface area contributed by atoms with E-state index in [1.165, 1.54) is 82.0 Å². The van der Waals surface area contributed by atoms with E-state index in [9.17, 15) is 22.0 Å². The molecule has 0 aromatic heterocycles. The fraction of sp³-hybridized carbons (Fsp3) is 0.731. The summed E-state index contributed by atoms with van der Waals surface area (Å²) in [6.45, 7) is 2.44. The Morgan fingerprint density at radius 2 is 1.50 bits per heavy atom. The molecular weight excluding hydrogens is 508 g/mol. The van der Waals surface area contributed by atoms with Crippen LogP contribution in [0.2, 0.25) is 0 Å². The standard InChI is InChI=1S/C26H43F2NO5S2/c1-2-3-4-5-6-7-8-9-10-11-12-13-14-15-20-36(32,33)29-18-19-35-22-16-17-24(23(27)21-22)34-25(28)26(30)31/h16-17,21,25,29H,2-15,18-20H2,1H3,(H,30,31). The van der Waals surface area contributed by atoms with Gasteiger partial charge in [-0.05, 0) is 24.6 Å². The summed E-state index contributed by atoms with van der Waals surface area (Å²) < 4.78 is 58.2. The molecule has 1 aromatic rings. The van der Waals surface area contributed by atoms with Crippen LogP contribution in [0.3, 0.4) is 0 Å². The topological polar surface area (TPSA) is 92.7 Å². The van der Waals surface area contributed by atoms with Crippen LogP contribution in [0.5, 0.6) is 5.75 Å². The third kappa shape index (κ3) is 16.4.